The van der Waals surface area contributed by atoms with Gasteiger partial charge < -0.3 is 20.1 Å². The highest BCUT2D eigenvalue weighted by Gasteiger charge is 2.21. The predicted octanol–water partition coefficient (Wildman–Crippen LogP) is 0.565. The lowest BCUT2D eigenvalue weighted by molar-refractivity contribution is 0.0948. The zero-order chi connectivity index (χ0) is 14.4. The van der Waals surface area contributed by atoms with Gasteiger partial charge >= 0.3 is 0 Å². The molecule has 0 unspecified atom stereocenters. The summed E-state index contributed by atoms with van der Waals surface area (Å²) in [6.45, 7) is 2.27. The van der Waals surface area contributed by atoms with Crippen molar-refractivity contribution in [2.24, 2.45) is 0 Å². The molecule has 1 amide bonds. The summed E-state index contributed by atoms with van der Waals surface area (Å²) >= 11 is 0. The van der Waals surface area contributed by atoms with Crippen molar-refractivity contribution in [2.45, 2.75) is 6.42 Å². The van der Waals surface area contributed by atoms with E-state index in [2.05, 4.69) is 26.7 Å². The Kier molecular flexibility index (Phi) is 6.90. The highest BCUT2D eigenvalue weighted by Crippen LogP contribution is 2.23. The largest absolute Gasteiger partial charge is 0.480 e. The van der Waals surface area contributed by atoms with Crippen LogP contribution in [0.3, 0.4) is 0 Å². The van der Waals surface area contributed by atoms with E-state index in [4.69, 9.17) is 9.47 Å². The number of methoxy groups -OCH3 is 2. The van der Waals surface area contributed by atoms with E-state index in [0.29, 0.717) is 6.54 Å². The van der Waals surface area contributed by atoms with E-state index >= 15 is 0 Å². The molecule has 1 aromatic rings. The Balaban J connectivity index is 0.00000220. The van der Waals surface area contributed by atoms with Crippen LogP contribution < -0.4 is 20.1 Å². The van der Waals surface area contributed by atoms with Gasteiger partial charge in [0.2, 0.25) is 11.8 Å². The molecular weight excluding hydrogens is 296 g/mol. The van der Waals surface area contributed by atoms with E-state index in [1.54, 1.807) is 0 Å². The van der Waals surface area contributed by atoms with Crippen LogP contribution in [0, 0.1) is 0 Å². The van der Waals surface area contributed by atoms with Crippen molar-refractivity contribution in [1.29, 1.82) is 0 Å². The van der Waals surface area contributed by atoms with Gasteiger partial charge in [-0.3, -0.25) is 4.79 Å². The van der Waals surface area contributed by atoms with Gasteiger partial charge in [-0.1, -0.05) is 11.6 Å². The number of hydrogen-bond acceptors (Lipinski definition) is 6. The lowest BCUT2D eigenvalue weighted by Gasteiger charge is -2.15. The molecule has 1 aliphatic heterocycles. The Morgan fingerprint density at radius 3 is 2.52 bits per heavy atom. The molecule has 0 fully saturated rings. The zero-order valence-electron chi connectivity index (χ0n) is 12.0. The number of amides is 1. The molecule has 1 aromatic heterocycles. The highest BCUT2D eigenvalue weighted by molar-refractivity contribution is 5.98. The molecule has 0 atom stereocenters. The van der Waals surface area contributed by atoms with Crippen molar-refractivity contribution in [3.8, 4) is 11.8 Å². The van der Waals surface area contributed by atoms with Gasteiger partial charge in [0.05, 0.1) is 14.2 Å². The number of carbonyl (C=O) groups is 1. The minimum Gasteiger partial charge on any atom is -0.480 e. The number of hydrogen-bond donors (Lipinski definition) is 2. The number of aromatic nitrogens is 2. The van der Waals surface area contributed by atoms with Crippen LogP contribution in [-0.2, 0) is 0 Å². The van der Waals surface area contributed by atoms with Crippen LogP contribution in [-0.4, -0.2) is 49.7 Å². The summed E-state index contributed by atoms with van der Waals surface area (Å²) in [5, 5.41) is 6.06. The summed E-state index contributed by atoms with van der Waals surface area (Å²) in [6.07, 6.45) is 4.31. The number of carbonyl (C=O) groups excluding carboxylic acids is 1. The monoisotopic (exact) mass is 314 g/mol. The van der Waals surface area contributed by atoms with E-state index in [-0.39, 0.29) is 35.6 Å². The summed E-state index contributed by atoms with van der Waals surface area (Å²) in [5.74, 6) is 0.0982. The molecule has 7 nitrogen and oxygen atoms in total. The minimum atomic E-state index is -0.307. The summed E-state index contributed by atoms with van der Waals surface area (Å²) < 4.78 is 10.2. The Bertz CT molecular complexity index is 500. The van der Waals surface area contributed by atoms with Gasteiger partial charge in [0.25, 0.3) is 5.91 Å². The first-order valence-electron chi connectivity index (χ1n) is 6.36. The molecule has 116 valence electrons. The van der Waals surface area contributed by atoms with Gasteiger partial charge in [0, 0.05) is 13.1 Å². The second-order valence-corrected chi connectivity index (χ2v) is 4.27. The molecule has 0 saturated heterocycles. The topological polar surface area (TPSA) is 85.4 Å². The Morgan fingerprint density at radius 2 is 2.00 bits per heavy atom. The third kappa shape index (κ3) is 4.30. The van der Waals surface area contributed by atoms with E-state index in [9.17, 15) is 4.79 Å². The normalized spacial score (nSPS) is 13.7. The number of nitrogens with zero attached hydrogens (tertiary/aromatic N) is 2. The van der Waals surface area contributed by atoms with Crippen LogP contribution in [0.1, 0.15) is 16.8 Å². The predicted molar refractivity (Wildman–Crippen MR) is 80.3 cm³/mol. The quantitative estimate of drug-likeness (QED) is 0.773. The van der Waals surface area contributed by atoms with Crippen LogP contribution >= 0.6 is 12.4 Å². The number of ether oxygens (including phenoxy) is 2. The molecule has 0 radical (unpaired) electrons. The van der Waals surface area contributed by atoms with Gasteiger partial charge in [0.1, 0.15) is 6.33 Å². The molecule has 2 N–H and O–H groups in total. The molecule has 0 aromatic carbocycles. The molecule has 21 heavy (non-hydrogen) atoms. The Morgan fingerprint density at radius 1 is 1.33 bits per heavy atom. The molecule has 0 spiro atoms. The van der Waals surface area contributed by atoms with E-state index < -0.39 is 0 Å². The van der Waals surface area contributed by atoms with Gasteiger partial charge in [-0.05, 0) is 13.0 Å². The smallest absolute Gasteiger partial charge is 0.262 e. The van der Waals surface area contributed by atoms with Gasteiger partial charge in [-0.15, -0.1) is 12.4 Å². The standard InChI is InChI=1S/C13H18N4O3.ClH/c1-19-12-10(13(20-2)17-8-16-12)11(18)15-7-9-3-5-14-6-4-9;/h3,8,14H,4-7H2,1-2H3,(H,15,18);1H. The van der Waals surface area contributed by atoms with Crippen LogP contribution in [0.15, 0.2) is 18.0 Å². The van der Waals surface area contributed by atoms with Crippen molar-refractivity contribution in [1.82, 2.24) is 20.6 Å². The fourth-order valence-electron chi connectivity index (χ4n) is 1.97. The molecule has 2 rings (SSSR count). The maximum Gasteiger partial charge on any atom is 0.262 e. The van der Waals surface area contributed by atoms with Crippen LogP contribution in [0.5, 0.6) is 11.8 Å². The average Bonchev–Trinajstić information content (AvgIpc) is 2.52. The molecule has 0 saturated carbocycles. The third-order valence-corrected chi connectivity index (χ3v) is 3.03. The number of rotatable bonds is 5. The van der Waals surface area contributed by atoms with Gasteiger partial charge in [-0.25, -0.2) is 9.97 Å². The van der Waals surface area contributed by atoms with Crippen LogP contribution in [0.2, 0.25) is 0 Å². The number of halogens is 1. The van der Waals surface area contributed by atoms with Crippen LogP contribution in [0.4, 0.5) is 0 Å². The fourth-order valence-corrected chi connectivity index (χ4v) is 1.97. The van der Waals surface area contributed by atoms with Crippen molar-refractivity contribution in [3.63, 3.8) is 0 Å². The lowest BCUT2D eigenvalue weighted by atomic mass is 10.1. The SMILES string of the molecule is COc1ncnc(OC)c1C(=O)NCC1=CCNCC1.Cl. The molecule has 1 aliphatic rings. The van der Waals surface area contributed by atoms with E-state index in [1.165, 1.54) is 26.1 Å². The first-order chi connectivity index (χ1) is 9.76. The summed E-state index contributed by atoms with van der Waals surface area (Å²) in [6, 6.07) is 0. The number of nitrogens with one attached hydrogen (secondary N) is 2. The van der Waals surface area contributed by atoms with Gasteiger partial charge in [-0.2, -0.15) is 0 Å². The molecule has 0 aliphatic carbocycles. The fraction of sp³-hybridized carbons (Fsp3) is 0.462. The lowest BCUT2D eigenvalue weighted by Crippen LogP contribution is -2.30. The van der Waals surface area contributed by atoms with Crippen molar-refractivity contribution in [2.75, 3.05) is 33.9 Å². The van der Waals surface area contributed by atoms with E-state index in [1.807, 2.05) is 0 Å². The Labute approximate surface area is 129 Å². The first kappa shape index (κ1) is 17.2. The summed E-state index contributed by atoms with van der Waals surface area (Å²) in [4.78, 5) is 20.1. The molecule has 8 heteroatoms. The van der Waals surface area contributed by atoms with Crippen molar-refractivity contribution >= 4 is 18.3 Å². The minimum absolute atomic E-state index is 0. The van der Waals surface area contributed by atoms with Crippen LogP contribution in [0.25, 0.3) is 0 Å². The van der Waals surface area contributed by atoms with E-state index in [0.717, 1.165) is 19.5 Å². The Hall–Kier alpha value is -1.86. The second-order valence-electron chi connectivity index (χ2n) is 4.27. The van der Waals surface area contributed by atoms with Crippen molar-refractivity contribution in [3.05, 3.63) is 23.5 Å². The molecular formula is C13H19ClN4O3. The summed E-state index contributed by atoms with van der Waals surface area (Å²) in [5.41, 5.74) is 1.42. The zero-order valence-corrected chi connectivity index (χ0v) is 12.8. The maximum atomic E-state index is 12.3. The first-order valence-corrected chi connectivity index (χ1v) is 6.36. The van der Waals surface area contributed by atoms with Gasteiger partial charge in [0.15, 0.2) is 5.56 Å². The summed E-state index contributed by atoms with van der Waals surface area (Å²) in [7, 11) is 2.90. The average molecular weight is 315 g/mol. The highest BCUT2D eigenvalue weighted by atomic mass is 35.5. The second kappa shape index (κ2) is 8.43. The maximum absolute atomic E-state index is 12.3. The molecule has 2 heterocycles. The third-order valence-electron chi connectivity index (χ3n) is 3.03. The molecule has 0 bridgehead atoms. The van der Waals surface area contributed by atoms with Crippen molar-refractivity contribution < 1.29 is 14.3 Å².